The molecule has 98 valence electrons. The number of rotatable bonds is 5. The molecule has 0 saturated carbocycles. The molecule has 1 aromatic carbocycles. The van der Waals surface area contributed by atoms with E-state index in [9.17, 15) is 9.59 Å². The molecule has 1 aliphatic rings. The summed E-state index contributed by atoms with van der Waals surface area (Å²) < 4.78 is 5.16. The first-order valence-electron chi connectivity index (χ1n) is 5.79. The second-order valence-corrected chi connectivity index (χ2v) is 5.28. The van der Waals surface area contributed by atoms with E-state index >= 15 is 0 Å². The molecule has 1 amide bonds. The van der Waals surface area contributed by atoms with Crippen molar-refractivity contribution in [3.8, 4) is 12.3 Å². The van der Waals surface area contributed by atoms with Crippen LogP contribution in [0.5, 0.6) is 0 Å². The van der Waals surface area contributed by atoms with Crippen molar-refractivity contribution < 1.29 is 14.3 Å². The Balaban J connectivity index is 1.74. The van der Waals surface area contributed by atoms with Crippen molar-refractivity contribution >= 4 is 23.6 Å². The number of ether oxygens (including phenoxy) is 1. The van der Waals surface area contributed by atoms with Crippen molar-refractivity contribution in [2.45, 2.75) is 17.1 Å². The average Bonchev–Trinajstić information content (AvgIpc) is 3.24. The predicted octanol–water partition coefficient (Wildman–Crippen LogP) is 0.963. The third kappa shape index (κ3) is 3.76. The minimum Gasteiger partial charge on any atom is -0.460 e. The van der Waals surface area contributed by atoms with Gasteiger partial charge in [-0.2, -0.15) is 0 Å². The first-order chi connectivity index (χ1) is 9.22. The Kier molecular flexibility index (Phi) is 4.48. The fourth-order valence-corrected chi connectivity index (χ4v) is 2.39. The molecule has 1 saturated heterocycles. The number of nitrogens with one attached hydrogen (secondary N) is 1. The summed E-state index contributed by atoms with van der Waals surface area (Å²) in [5.74, 6) is 1.76. The standard InChI is InChI=1S/C14H13NO3S/c1-2-8-15-13(16)11-12(19-11)14(17)18-9-10-6-4-3-5-7-10/h1,3-7,11-12H,8-9H2,(H,15,16)/t11-,12-/m1/s1. The van der Waals surface area contributed by atoms with Crippen LogP contribution in [0.15, 0.2) is 30.3 Å². The second-order valence-electron chi connectivity index (χ2n) is 3.99. The molecule has 2 atom stereocenters. The highest BCUT2D eigenvalue weighted by atomic mass is 32.2. The maximum Gasteiger partial charge on any atom is 0.321 e. The van der Waals surface area contributed by atoms with Crippen LogP contribution in [-0.2, 0) is 20.9 Å². The number of amides is 1. The van der Waals surface area contributed by atoms with Gasteiger partial charge in [-0.05, 0) is 5.56 Å². The minimum absolute atomic E-state index is 0.182. The van der Waals surface area contributed by atoms with Crippen LogP contribution in [0.4, 0.5) is 0 Å². The number of esters is 1. The highest BCUT2D eigenvalue weighted by Crippen LogP contribution is 2.42. The molecule has 1 heterocycles. The summed E-state index contributed by atoms with van der Waals surface area (Å²) in [6.07, 6.45) is 5.04. The first-order valence-corrected chi connectivity index (χ1v) is 6.74. The first kappa shape index (κ1) is 13.5. The van der Waals surface area contributed by atoms with E-state index in [1.807, 2.05) is 30.3 Å². The highest BCUT2D eigenvalue weighted by Gasteiger charge is 2.50. The molecule has 0 spiro atoms. The van der Waals surface area contributed by atoms with Gasteiger partial charge in [0.15, 0.2) is 0 Å². The van der Waals surface area contributed by atoms with Gasteiger partial charge < -0.3 is 10.1 Å². The summed E-state index contributed by atoms with van der Waals surface area (Å²) in [5, 5.41) is 1.78. The van der Waals surface area contributed by atoms with Crippen LogP contribution in [0.25, 0.3) is 0 Å². The fraction of sp³-hybridized carbons (Fsp3) is 0.286. The number of carbonyl (C=O) groups is 2. The van der Waals surface area contributed by atoms with Gasteiger partial charge in [-0.1, -0.05) is 36.3 Å². The molecule has 1 aromatic rings. The largest absolute Gasteiger partial charge is 0.460 e. The van der Waals surface area contributed by atoms with Crippen LogP contribution >= 0.6 is 11.8 Å². The lowest BCUT2D eigenvalue weighted by molar-refractivity contribution is -0.144. The van der Waals surface area contributed by atoms with Gasteiger partial charge in [-0.25, -0.2) is 0 Å². The maximum atomic E-state index is 11.7. The molecule has 0 aromatic heterocycles. The Labute approximate surface area is 115 Å². The van der Waals surface area contributed by atoms with Gasteiger partial charge in [0.05, 0.1) is 6.54 Å². The lowest BCUT2D eigenvalue weighted by Crippen LogP contribution is -2.30. The normalized spacial score (nSPS) is 20.2. The number of carbonyl (C=O) groups excluding carboxylic acids is 2. The second kappa shape index (κ2) is 6.30. The molecule has 19 heavy (non-hydrogen) atoms. The van der Waals surface area contributed by atoms with E-state index in [0.717, 1.165) is 5.56 Å². The molecule has 1 N–H and O–H groups in total. The summed E-state index contributed by atoms with van der Waals surface area (Å²) in [6, 6.07) is 9.42. The molecule has 0 bridgehead atoms. The zero-order valence-electron chi connectivity index (χ0n) is 10.2. The number of hydrogen-bond acceptors (Lipinski definition) is 4. The number of benzene rings is 1. The van der Waals surface area contributed by atoms with Crippen molar-refractivity contribution in [2.24, 2.45) is 0 Å². The SMILES string of the molecule is C#CCNC(=O)[C@@H]1S[C@H]1C(=O)OCc1ccccc1. The van der Waals surface area contributed by atoms with E-state index in [-0.39, 0.29) is 30.3 Å². The molecule has 1 fully saturated rings. The van der Waals surface area contributed by atoms with E-state index in [0.29, 0.717) is 0 Å². The van der Waals surface area contributed by atoms with Gasteiger partial charge in [0.1, 0.15) is 17.1 Å². The topological polar surface area (TPSA) is 55.4 Å². The Hall–Kier alpha value is -1.93. The van der Waals surface area contributed by atoms with Crippen LogP contribution in [-0.4, -0.2) is 28.9 Å². The Morgan fingerprint density at radius 3 is 2.74 bits per heavy atom. The van der Waals surface area contributed by atoms with E-state index in [4.69, 9.17) is 11.2 Å². The molecule has 0 unspecified atom stereocenters. The van der Waals surface area contributed by atoms with Crippen LogP contribution in [0, 0.1) is 12.3 Å². The summed E-state index contributed by atoms with van der Waals surface area (Å²) in [4.78, 5) is 23.2. The molecule has 2 rings (SSSR count). The van der Waals surface area contributed by atoms with Crippen molar-refractivity contribution in [3.05, 3.63) is 35.9 Å². The lowest BCUT2D eigenvalue weighted by atomic mass is 10.2. The Morgan fingerprint density at radius 2 is 2.05 bits per heavy atom. The van der Waals surface area contributed by atoms with Crippen molar-refractivity contribution in [1.82, 2.24) is 5.32 Å². The molecule has 4 nitrogen and oxygen atoms in total. The van der Waals surface area contributed by atoms with E-state index in [1.54, 1.807) is 0 Å². The van der Waals surface area contributed by atoms with Crippen LogP contribution < -0.4 is 5.32 Å². The third-order valence-electron chi connectivity index (χ3n) is 2.57. The number of terminal acetylenes is 1. The zero-order valence-corrected chi connectivity index (χ0v) is 11.0. The van der Waals surface area contributed by atoms with Crippen molar-refractivity contribution in [2.75, 3.05) is 6.54 Å². The average molecular weight is 275 g/mol. The number of hydrogen-bond donors (Lipinski definition) is 1. The molecule has 1 aliphatic heterocycles. The van der Waals surface area contributed by atoms with E-state index in [1.165, 1.54) is 11.8 Å². The van der Waals surface area contributed by atoms with Gasteiger partial charge >= 0.3 is 5.97 Å². The summed E-state index contributed by atoms with van der Waals surface area (Å²) >= 11 is 1.28. The molecule has 0 radical (unpaired) electrons. The quantitative estimate of drug-likeness (QED) is 0.494. The van der Waals surface area contributed by atoms with Crippen LogP contribution in [0.2, 0.25) is 0 Å². The summed E-state index contributed by atoms with van der Waals surface area (Å²) in [7, 11) is 0. The van der Waals surface area contributed by atoms with Crippen molar-refractivity contribution in [1.29, 1.82) is 0 Å². The van der Waals surface area contributed by atoms with Gasteiger partial charge in [-0.15, -0.1) is 18.2 Å². The van der Waals surface area contributed by atoms with E-state index in [2.05, 4.69) is 11.2 Å². The smallest absolute Gasteiger partial charge is 0.321 e. The molecule has 5 heteroatoms. The van der Waals surface area contributed by atoms with Gasteiger partial charge in [0.25, 0.3) is 0 Å². The summed E-state index contributed by atoms with van der Waals surface area (Å²) in [5.41, 5.74) is 0.926. The summed E-state index contributed by atoms with van der Waals surface area (Å²) in [6.45, 7) is 0.414. The lowest BCUT2D eigenvalue weighted by Gasteiger charge is -2.03. The fourth-order valence-electron chi connectivity index (χ4n) is 1.54. The van der Waals surface area contributed by atoms with Crippen molar-refractivity contribution in [3.63, 3.8) is 0 Å². The van der Waals surface area contributed by atoms with Gasteiger partial charge in [-0.3, -0.25) is 9.59 Å². The molecular weight excluding hydrogens is 262 g/mol. The van der Waals surface area contributed by atoms with Crippen LogP contribution in [0.3, 0.4) is 0 Å². The zero-order chi connectivity index (χ0) is 13.7. The molecule has 0 aliphatic carbocycles. The Morgan fingerprint density at radius 1 is 1.32 bits per heavy atom. The Bertz CT molecular complexity index is 509. The number of thioether (sulfide) groups is 1. The van der Waals surface area contributed by atoms with Gasteiger partial charge in [0.2, 0.25) is 5.91 Å². The highest BCUT2D eigenvalue weighted by molar-refractivity contribution is 8.09. The molecular formula is C14H13NO3S. The van der Waals surface area contributed by atoms with Gasteiger partial charge in [0, 0.05) is 0 Å². The predicted molar refractivity (Wildman–Crippen MR) is 73.2 cm³/mol. The minimum atomic E-state index is -0.401. The van der Waals surface area contributed by atoms with Crippen LogP contribution in [0.1, 0.15) is 5.56 Å². The monoisotopic (exact) mass is 275 g/mol. The third-order valence-corrected chi connectivity index (χ3v) is 3.79. The maximum absolute atomic E-state index is 11.7. The van der Waals surface area contributed by atoms with E-state index < -0.39 is 5.25 Å².